The van der Waals surface area contributed by atoms with E-state index in [0.29, 0.717) is 0 Å². The zero-order valence-corrected chi connectivity index (χ0v) is 8.29. The third kappa shape index (κ3) is 2.11. The highest BCUT2D eigenvalue weighted by atomic mass is 16.3. The smallest absolute Gasteiger partial charge is 0.275 e. The Kier molecular flexibility index (Phi) is 2.73. The second-order valence-corrected chi connectivity index (χ2v) is 3.05. The number of para-hydroxylation sites is 1. The SMILES string of the molecule is O=C(NN1C=CC=NN1)c1ccccc1O. The van der Waals surface area contributed by atoms with Gasteiger partial charge in [-0.1, -0.05) is 12.1 Å². The molecule has 3 N–H and O–H groups in total. The van der Waals surface area contributed by atoms with E-state index < -0.39 is 5.91 Å². The van der Waals surface area contributed by atoms with Crippen LogP contribution in [0.3, 0.4) is 0 Å². The molecule has 1 aliphatic heterocycles. The van der Waals surface area contributed by atoms with Crippen LogP contribution >= 0.6 is 0 Å². The molecule has 0 aromatic heterocycles. The minimum Gasteiger partial charge on any atom is -0.507 e. The van der Waals surface area contributed by atoms with Crippen LogP contribution in [0.5, 0.6) is 5.75 Å². The Balaban J connectivity index is 2.06. The molecule has 1 aromatic rings. The summed E-state index contributed by atoms with van der Waals surface area (Å²) in [5, 5.41) is 14.5. The van der Waals surface area contributed by atoms with Gasteiger partial charge in [0.25, 0.3) is 5.91 Å². The van der Waals surface area contributed by atoms with Gasteiger partial charge in [-0.2, -0.15) is 15.8 Å². The summed E-state index contributed by atoms with van der Waals surface area (Å²) in [6, 6.07) is 6.30. The normalized spacial score (nSPS) is 13.4. The van der Waals surface area contributed by atoms with Crippen LogP contribution in [0.15, 0.2) is 41.6 Å². The maximum Gasteiger partial charge on any atom is 0.275 e. The Labute approximate surface area is 91.8 Å². The molecule has 0 radical (unpaired) electrons. The van der Waals surface area contributed by atoms with Crippen molar-refractivity contribution in [1.82, 2.24) is 16.1 Å². The lowest BCUT2D eigenvalue weighted by Crippen LogP contribution is -2.46. The van der Waals surface area contributed by atoms with Crippen molar-refractivity contribution >= 4 is 12.1 Å². The van der Waals surface area contributed by atoms with Crippen LogP contribution in [-0.2, 0) is 0 Å². The first-order chi connectivity index (χ1) is 7.77. The minimum absolute atomic E-state index is 0.0653. The molecular weight excluding hydrogens is 208 g/mol. The first-order valence-electron chi connectivity index (χ1n) is 4.61. The van der Waals surface area contributed by atoms with Crippen LogP contribution in [-0.4, -0.2) is 22.3 Å². The Morgan fingerprint density at radius 3 is 2.94 bits per heavy atom. The molecule has 1 aromatic carbocycles. The number of allylic oxidation sites excluding steroid dienone is 1. The summed E-state index contributed by atoms with van der Waals surface area (Å²) in [6.07, 6.45) is 4.79. The number of aromatic hydroxyl groups is 1. The Morgan fingerprint density at radius 2 is 2.25 bits per heavy atom. The summed E-state index contributed by atoms with van der Waals surface area (Å²) < 4.78 is 0. The largest absolute Gasteiger partial charge is 0.507 e. The lowest BCUT2D eigenvalue weighted by atomic mass is 10.2. The zero-order chi connectivity index (χ0) is 11.4. The molecule has 0 spiro atoms. The van der Waals surface area contributed by atoms with Gasteiger partial charge in [-0.05, 0) is 18.2 Å². The number of amides is 1. The molecule has 0 unspecified atom stereocenters. The number of hydrazine groups is 2. The number of hydrazone groups is 1. The van der Waals surface area contributed by atoms with E-state index in [2.05, 4.69) is 16.1 Å². The Morgan fingerprint density at radius 1 is 1.44 bits per heavy atom. The maximum atomic E-state index is 11.7. The van der Waals surface area contributed by atoms with Gasteiger partial charge in [-0.25, -0.2) is 5.43 Å². The van der Waals surface area contributed by atoms with Crippen LogP contribution < -0.4 is 11.0 Å². The van der Waals surface area contributed by atoms with Gasteiger partial charge < -0.3 is 5.11 Å². The van der Waals surface area contributed by atoms with E-state index in [0.717, 1.165) is 0 Å². The summed E-state index contributed by atoms with van der Waals surface area (Å²) in [4.78, 5) is 11.7. The highest BCUT2D eigenvalue weighted by molar-refractivity contribution is 5.96. The Bertz CT molecular complexity index is 456. The van der Waals surface area contributed by atoms with E-state index in [4.69, 9.17) is 0 Å². The summed E-state index contributed by atoms with van der Waals surface area (Å²) in [6.45, 7) is 0. The fourth-order valence-electron chi connectivity index (χ4n) is 1.19. The van der Waals surface area contributed by atoms with E-state index in [1.54, 1.807) is 30.6 Å². The molecule has 82 valence electrons. The van der Waals surface area contributed by atoms with Gasteiger partial charge in [0.05, 0.1) is 11.8 Å². The van der Waals surface area contributed by atoms with E-state index in [9.17, 15) is 9.90 Å². The van der Waals surface area contributed by atoms with E-state index in [-0.39, 0.29) is 11.3 Å². The van der Waals surface area contributed by atoms with Crippen molar-refractivity contribution in [2.45, 2.75) is 0 Å². The van der Waals surface area contributed by atoms with Crippen molar-refractivity contribution in [3.8, 4) is 5.75 Å². The molecule has 0 atom stereocenters. The maximum absolute atomic E-state index is 11.7. The van der Waals surface area contributed by atoms with Gasteiger partial charge in [0.2, 0.25) is 0 Å². The van der Waals surface area contributed by atoms with Crippen molar-refractivity contribution in [2.24, 2.45) is 5.10 Å². The number of hydrogen-bond donors (Lipinski definition) is 3. The molecule has 0 bridgehead atoms. The topological polar surface area (TPSA) is 77.0 Å². The number of carbonyl (C=O) groups excluding carboxylic acids is 1. The predicted molar refractivity (Wildman–Crippen MR) is 58.2 cm³/mol. The molecule has 1 aliphatic rings. The third-order valence-corrected chi connectivity index (χ3v) is 1.93. The average molecular weight is 218 g/mol. The standard InChI is InChI=1S/C10H10N4O2/c15-9-5-2-1-4-8(9)10(16)12-14-7-3-6-11-13-14/h1-7,13,15H,(H,12,16). The number of phenols is 1. The second-order valence-electron chi connectivity index (χ2n) is 3.05. The van der Waals surface area contributed by atoms with E-state index in [1.165, 1.54) is 17.3 Å². The third-order valence-electron chi connectivity index (χ3n) is 1.93. The number of phenolic OH excluding ortho intramolecular Hbond substituents is 1. The van der Waals surface area contributed by atoms with Crippen molar-refractivity contribution < 1.29 is 9.90 Å². The van der Waals surface area contributed by atoms with Crippen LogP contribution in [0.25, 0.3) is 0 Å². The van der Waals surface area contributed by atoms with Crippen molar-refractivity contribution in [1.29, 1.82) is 0 Å². The lowest BCUT2D eigenvalue weighted by molar-refractivity contribution is 0.0786. The molecule has 0 saturated heterocycles. The van der Waals surface area contributed by atoms with Gasteiger partial charge in [0, 0.05) is 6.20 Å². The summed E-state index contributed by atoms with van der Waals surface area (Å²) in [7, 11) is 0. The monoisotopic (exact) mass is 218 g/mol. The molecule has 0 fully saturated rings. The number of nitrogens with one attached hydrogen (secondary N) is 2. The van der Waals surface area contributed by atoms with E-state index in [1.807, 2.05) is 0 Å². The van der Waals surface area contributed by atoms with Gasteiger partial charge >= 0.3 is 0 Å². The summed E-state index contributed by atoms with van der Waals surface area (Å²) in [5.74, 6) is -0.489. The molecule has 0 aliphatic carbocycles. The van der Waals surface area contributed by atoms with Gasteiger partial charge in [0.15, 0.2) is 0 Å². The van der Waals surface area contributed by atoms with Crippen molar-refractivity contribution in [3.63, 3.8) is 0 Å². The number of carbonyl (C=O) groups is 1. The van der Waals surface area contributed by atoms with Crippen LogP contribution in [0.2, 0.25) is 0 Å². The van der Waals surface area contributed by atoms with Gasteiger partial charge in [-0.3, -0.25) is 4.79 Å². The molecule has 2 rings (SSSR count). The highest BCUT2D eigenvalue weighted by Crippen LogP contribution is 2.14. The summed E-state index contributed by atoms with van der Waals surface area (Å²) in [5.41, 5.74) is 5.24. The molecule has 1 heterocycles. The molecular formula is C10H10N4O2. The van der Waals surface area contributed by atoms with Crippen molar-refractivity contribution in [2.75, 3.05) is 0 Å². The zero-order valence-electron chi connectivity index (χ0n) is 8.29. The number of benzene rings is 1. The Hall–Kier alpha value is -2.50. The minimum atomic E-state index is -0.424. The van der Waals surface area contributed by atoms with Crippen LogP contribution in [0.1, 0.15) is 10.4 Å². The first-order valence-corrected chi connectivity index (χ1v) is 4.61. The predicted octanol–water partition coefficient (Wildman–Crippen LogP) is 0.357. The first kappa shape index (κ1) is 10.0. The molecule has 16 heavy (non-hydrogen) atoms. The van der Waals surface area contributed by atoms with Crippen LogP contribution in [0.4, 0.5) is 0 Å². The molecule has 6 heteroatoms. The summed E-state index contributed by atoms with van der Waals surface area (Å²) >= 11 is 0. The molecule has 6 nitrogen and oxygen atoms in total. The van der Waals surface area contributed by atoms with E-state index >= 15 is 0 Å². The fourth-order valence-corrected chi connectivity index (χ4v) is 1.19. The molecule has 1 amide bonds. The second kappa shape index (κ2) is 4.35. The van der Waals surface area contributed by atoms with Crippen LogP contribution in [0, 0.1) is 0 Å². The molecule has 0 saturated carbocycles. The van der Waals surface area contributed by atoms with Crippen molar-refractivity contribution in [3.05, 3.63) is 42.1 Å². The number of hydrogen-bond acceptors (Lipinski definition) is 5. The quantitative estimate of drug-likeness (QED) is 0.669. The van der Waals surface area contributed by atoms with Gasteiger partial charge in [-0.15, -0.1) is 0 Å². The van der Waals surface area contributed by atoms with Gasteiger partial charge in [0.1, 0.15) is 5.75 Å². The average Bonchev–Trinajstić information content (AvgIpc) is 2.31. The lowest BCUT2D eigenvalue weighted by Gasteiger charge is -2.21. The number of nitrogens with zero attached hydrogens (tertiary/aromatic N) is 2. The fraction of sp³-hybridized carbons (Fsp3) is 0. The highest BCUT2D eigenvalue weighted by Gasteiger charge is 2.12. The number of rotatable bonds is 2.